The first-order chi connectivity index (χ1) is 9.42. The van der Waals surface area contributed by atoms with Crippen molar-refractivity contribution < 1.29 is 0 Å². The van der Waals surface area contributed by atoms with Crippen molar-refractivity contribution in [2.45, 2.75) is 12.5 Å². The second-order valence-corrected chi connectivity index (χ2v) is 4.80. The molecule has 1 fully saturated rings. The molecule has 3 aromatic heterocycles. The van der Waals surface area contributed by atoms with Crippen molar-refractivity contribution in [3.8, 4) is 0 Å². The highest BCUT2D eigenvalue weighted by atomic mass is 15.4. The van der Waals surface area contributed by atoms with Crippen LogP contribution in [0.1, 0.15) is 12.5 Å². The van der Waals surface area contributed by atoms with Crippen molar-refractivity contribution in [2.75, 3.05) is 18.0 Å². The number of hydrogen-bond acceptors (Lipinski definition) is 4. The fourth-order valence-electron chi connectivity index (χ4n) is 2.68. The van der Waals surface area contributed by atoms with Crippen LogP contribution in [0.4, 0.5) is 5.95 Å². The van der Waals surface area contributed by atoms with Gasteiger partial charge in [-0.2, -0.15) is 5.10 Å². The molecular weight excluding hydrogens is 240 g/mol. The minimum atomic E-state index is 0.422. The molecule has 1 unspecified atom stereocenters. The van der Waals surface area contributed by atoms with Crippen molar-refractivity contribution in [1.29, 1.82) is 0 Å². The maximum absolute atomic E-state index is 4.32. The maximum Gasteiger partial charge on any atom is 0.231 e. The molecule has 0 N–H and O–H groups in total. The van der Waals surface area contributed by atoms with Crippen LogP contribution < -0.4 is 4.90 Å². The number of pyridine rings is 1. The van der Waals surface area contributed by atoms with Crippen LogP contribution in [-0.4, -0.2) is 37.5 Å². The minimum absolute atomic E-state index is 0.422. The van der Waals surface area contributed by atoms with E-state index in [0.717, 1.165) is 31.1 Å². The molecule has 1 aliphatic heterocycles. The summed E-state index contributed by atoms with van der Waals surface area (Å²) in [5, 5.41) is 12.8. The lowest BCUT2D eigenvalue weighted by atomic mass is 10.3. The first kappa shape index (κ1) is 10.5. The van der Waals surface area contributed by atoms with Gasteiger partial charge in [-0.1, -0.05) is 6.07 Å². The Morgan fingerprint density at radius 3 is 3.00 bits per heavy atom. The van der Waals surface area contributed by atoms with E-state index in [4.69, 9.17) is 0 Å². The third-order valence-electron chi connectivity index (χ3n) is 3.64. The van der Waals surface area contributed by atoms with Crippen LogP contribution in [0.15, 0.2) is 42.9 Å². The average molecular weight is 254 g/mol. The average Bonchev–Trinajstić information content (AvgIpc) is 3.18. The summed E-state index contributed by atoms with van der Waals surface area (Å²) in [7, 11) is 0. The Balaban J connectivity index is 1.64. The number of anilines is 1. The van der Waals surface area contributed by atoms with Crippen LogP contribution in [0, 0.1) is 0 Å². The number of aromatic nitrogens is 5. The summed E-state index contributed by atoms with van der Waals surface area (Å²) in [5.41, 5.74) is 0.889. The molecule has 4 heterocycles. The van der Waals surface area contributed by atoms with E-state index in [-0.39, 0.29) is 0 Å². The van der Waals surface area contributed by atoms with Gasteiger partial charge >= 0.3 is 0 Å². The third kappa shape index (κ3) is 1.68. The van der Waals surface area contributed by atoms with Crippen molar-refractivity contribution in [3.63, 3.8) is 0 Å². The van der Waals surface area contributed by atoms with E-state index in [2.05, 4.69) is 20.2 Å². The van der Waals surface area contributed by atoms with Gasteiger partial charge in [0.1, 0.15) is 0 Å². The highest BCUT2D eigenvalue weighted by Gasteiger charge is 2.26. The molecule has 4 rings (SSSR count). The van der Waals surface area contributed by atoms with Crippen LogP contribution in [0.3, 0.4) is 0 Å². The summed E-state index contributed by atoms with van der Waals surface area (Å²) in [6.07, 6.45) is 6.94. The zero-order valence-electron chi connectivity index (χ0n) is 10.4. The molecule has 0 saturated carbocycles. The molecule has 0 amide bonds. The minimum Gasteiger partial charge on any atom is -0.338 e. The molecule has 0 aliphatic carbocycles. The van der Waals surface area contributed by atoms with Crippen LogP contribution in [0.25, 0.3) is 5.65 Å². The monoisotopic (exact) mass is 254 g/mol. The number of hydrogen-bond donors (Lipinski definition) is 0. The van der Waals surface area contributed by atoms with Crippen LogP contribution >= 0.6 is 0 Å². The van der Waals surface area contributed by atoms with Crippen molar-refractivity contribution in [3.05, 3.63) is 42.9 Å². The summed E-state index contributed by atoms with van der Waals surface area (Å²) < 4.78 is 4.06. The zero-order valence-corrected chi connectivity index (χ0v) is 10.4. The summed E-state index contributed by atoms with van der Waals surface area (Å²) in [4.78, 5) is 2.27. The molecule has 0 spiro atoms. The molecule has 6 nitrogen and oxygen atoms in total. The Hall–Kier alpha value is -2.37. The Labute approximate surface area is 110 Å². The lowest BCUT2D eigenvalue weighted by Gasteiger charge is -2.16. The molecule has 19 heavy (non-hydrogen) atoms. The van der Waals surface area contributed by atoms with E-state index in [1.807, 2.05) is 51.9 Å². The summed E-state index contributed by atoms with van der Waals surface area (Å²) in [5.74, 6) is 0.922. The summed E-state index contributed by atoms with van der Waals surface area (Å²) in [6.45, 7) is 1.91. The molecule has 0 bridgehead atoms. The molecule has 1 saturated heterocycles. The van der Waals surface area contributed by atoms with E-state index in [1.165, 1.54) is 0 Å². The third-order valence-corrected chi connectivity index (χ3v) is 3.64. The van der Waals surface area contributed by atoms with Gasteiger partial charge in [-0.25, -0.2) is 0 Å². The fourth-order valence-corrected chi connectivity index (χ4v) is 2.68. The van der Waals surface area contributed by atoms with Crippen LogP contribution in [0.2, 0.25) is 0 Å². The van der Waals surface area contributed by atoms with Gasteiger partial charge in [0.25, 0.3) is 0 Å². The molecule has 0 aromatic carbocycles. The summed E-state index contributed by atoms with van der Waals surface area (Å²) >= 11 is 0. The van der Waals surface area contributed by atoms with Crippen LogP contribution in [0.5, 0.6) is 0 Å². The SMILES string of the molecule is c1ccn2c(N3CCC(n4cccn4)C3)nnc2c1. The second-order valence-electron chi connectivity index (χ2n) is 4.80. The number of rotatable bonds is 2. The first-order valence-corrected chi connectivity index (χ1v) is 6.46. The Morgan fingerprint density at radius 2 is 2.11 bits per heavy atom. The number of fused-ring (bicyclic) bond motifs is 1. The standard InChI is InChI=1S/C13H14N6/c1-2-7-18-12(4-1)15-16-13(18)17-9-5-11(10-17)19-8-3-6-14-19/h1-4,6-8,11H,5,9-10H2. The highest BCUT2D eigenvalue weighted by Crippen LogP contribution is 2.25. The molecule has 96 valence electrons. The van der Waals surface area contributed by atoms with E-state index < -0.39 is 0 Å². The normalized spacial score (nSPS) is 19.4. The lowest BCUT2D eigenvalue weighted by Crippen LogP contribution is -2.23. The fraction of sp³-hybridized carbons (Fsp3) is 0.308. The first-order valence-electron chi connectivity index (χ1n) is 6.46. The Bertz CT molecular complexity index is 686. The van der Waals surface area contributed by atoms with Gasteiger partial charge in [-0.05, 0) is 24.6 Å². The molecule has 1 aliphatic rings. The van der Waals surface area contributed by atoms with E-state index in [0.29, 0.717) is 6.04 Å². The van der Waals surface area contributed by atoms with Gasteiger partial charge < -0.3 is 4.90 Å². The highest BCUT2D eigenvalue weighted by molar-refractivity contribution is 5.46. The van der Waals surface area contributed by atoms with Gasteiger partial charge in [0.15, 0.2) is 5.65 Å². The van der Waals surface area contributed by atoms with Gasteiger partial charge in [-0.15, -0.1) is 10.2 Å². The molecular formula is C13H14N6. The van der Waals surface area contributed by atoms with E-state index in [1.54, 1.807) is 0 Å². The van der Waals surface area contributed by atoms with Crippen LogP contribution in [-0.2, 0) is 0 Å². The predicted octanol–water partition coefficient (Wildman–Crippen LogP) is 1.38. The van der Waals surface area contributed by atoms with Crippen molar-refractivity contribution >= 4 is 11.6 Å². The van der Waals surface area contributed by atoms with Gasteiger partial charge in [0, 0.05) is 31.7 Å². The molecule has 3 aromatic rings. The van der Waals surface area contributed by atoms with Gasteiger partial charge in [0.2, 0.25) is 5.95 Å². The molecule has 6 heteroatoms. The second kappa shape index (κ2) is 4.08. The number of nitrogens with zero attached hydrogens (tertiary/aromatic N) is 6. The van der Waals surface area contributed by atoms with Crippen molar-refractivity contribution in [1.82, 2.24) is 24.4 Å². The van der Waals surface area contributed by atoms with Crippen molar-refractivity contribution in [2.24, 2.45) is 0 Å². The Morgan fingerprint density at radius 1 is 1.11 bits per heavy atom. The lowest BCUT2D eigenvalue weighted by molar-refractivity contribution is 0.494. The maximum atomic E-state index is 4.32. The zero-order chi connectivity index (χ0) is 12.7. The van der Waals surface area contributed by atoms with E-state index in [9.17, 15) is 0 Å². The van der Waals surface area contributed by atoms with Gasteiger partial charge in [-0.3, -0.25) is 9.08 Å². The van der Waals surface area contributed by atoms with Gasteiger partial charge in [0.05, 0.1) is 6.04 Å². The van der Waals surface area contributed by atoms with E-state index >= 15 is 0 Å². The quantitative estimate of drug-likeness (QED) is 0.693. The Kier molecular flexibility index (Phi) is 2.26. The molecule has 1 atom stereocenters. The topological polar surface area (TPSA) is 51.2 Å². The molecule has 0 radical (unpaired) electrons. The summed E-state index contributed by atoms with van der Waals surface area (Å²) in [6, 6.07) is 8.34. The predicted molar refractivity (Wildman–Crippen MR) is 71.1 cm³/mol. The smallest absolute Gasteiger partial charge is 0.231 e. The largest absolute Gasteiger partial charge is 0.338 e.